The zero-order valence-corrected chi connectivity index (χ0v) is 12.3. The maximum atomic E-state index is 11.2. The van der Waals surface area contributed by atoms with Crippen molar-refractivity contribution in [2.75, 3.05) is 36.8 Å². The van der Waals surface area contributed by atoms with Gasteiger partial charge in [-0.15, -0.1) is 0 Å². The highest BCUT2D eigenvalue weighted by Crippen LogP contribution is 2.29. The van der Waals surface area contributed by atoms with E-state index in [1.807, 2.05) is 6.07 Å². The van der Waals surface area contributed by atoms with Gasteiger partial charge >= 0.3 is 0 Å². The molecule has 0 radical (unpaired) electrons. The lowest BCUT2D eigenvalue weighted by Crippen LogP contribution is -2.37. The van der Waals surface area contributed by atoms with E-state index in [0.29, 0.717) is 17.3 Å². The lowest BCUT2D eigenvalue weighted by molar-refractivity contribution is 0.100. The Kier molecular flexibility index (Phi) is 4.49. The van der Waals surface area contributed by atoms with E-state index in [0.717, 1.165) is 38.3 Å². The molecule has 0 saturated carbocycles. The van der Waals surface area contributed by atoms with Gasteiger partial charge in [-0.25, -0.2) is 0 Å². The first-order valence-electron chi connectivity index (χ1n) is 7.25. The zero-order valence-electron chi connectivity index (χ0n) is 12.3. The number of nitrogen functional groups attached to an aromatic ring is 1. The molecule has 0 aromatic heterocycles. The van der Waals surface area contributed by atoms with Crippen molar-refractivity contribution < 1.29 is 4.79 Å². The summed E-state index contributed by atoms with van der Waals surface area (Å²) in [4.78, 5) is 15.9. The number of anilines is 2. The lowest BCUT2D eigenvalue weighted by atomic mass is 10.1. The Morgan fingerprint density at radius 1 is 1.40 bits per heavy atom. The molecular formula is C15H24N4O. The van der Waals surface area contributed by atoms with Gasteiger partial charge in [0.1, 0.15) is 0 Å². The van der Waals surface area contributed by atoms with Crippen LogP contribution < -0.4 is 16.4 Å². The number of amides is 1. The Balaban J connectivity index is 2.12. The first kappa shape index (κ1) is 14.7. The van der Waals surface area contributed by atoms with Crippen molar-refractivity contribution in [3.8, 4) is 0 Å². The molecule has 5 heteroatoms. The molecule has 1 fully saturated rings. The van der Waals surface area contributed by atoms with Gasteiger partial charge in [0, 0.05) is 24.7 Å². The molecule has 1 amide bonds. The van der Waals surface area contributed by atoms with Crippen LogP contribution >= 0.6 is 0 Å². The number of nitrogens with zero attached hydrogens (tertiary/aromatic N) is 2. The first-order valence-corrected chi connectivity index (χ1v) is 7.25. The second kappa shape index (κ2) is 6.13. The highest BCUT2D eigenvalue weighted by atomic mass is 16.1. The Bertz CT molecular complexity index is 485. The largest absolute Gasteiger partial charge is 0.397 e. The van der Waals surface area contributed by atoms with Crippen LogP contribution in [0.15, 0.2) is 18.2 Å². The SMILES string of the molecule is CCN(CC)C1CCN(c2ccc(C(N)=O)cc2N)C1. The number of hydrogen-bond donors (Lipinski definition) is 2. The number of carbonyl (C=O) groups is 1. The molecule has 4 N–H and O–H groups in total. The van der Waals surface area contributed by atoms with Crippen LogP contribution in [0, 0.1) is 0 Å². The summed E-state index contributed by atoms with van der Waals surface area (Å²) in [7, 11) is 0. The zero-order chi connectivity index (χ0) is 14.7. The van der Waals surface area contributed by atoms with Gasteiger partial charge in [-0.05, 0) is 37.7 Å². The number of likely N-dealkylation sites (N-methyl/N-ethyl adjacent to an activating group) is 1. The molecule has 1 saturated heterocycles. The molecule has 20 heavy (non-hydrogen) atoms. The molecule has 0 spiro atoms. The topological polar surface area (TPSA) is 75.6 Å². The average Bonchev–Trinajstić information content (AvgIpc) is 2.89. The van der Waals surface area contributed by atoms with Gasteiger partial charge < -0.3 is 16.4 Å². The summed E-state index contributed by atoms with van der Waals surface area (Å²) in [6, 6.07) is 5.90. The van der Waals surface area contributed by atoms with E-state index in [9.17, 15) is 4.79 Å². The quantitative estimate of drug-likeness (QED) is 0.795. The molecule has 110 valence electrons. The molecule has 0 bridgehead atoms. The van der Waals surface area contributed by atoms with Crippen LogP contribution in [0.4, 0.5) is 11.4 Å². The molecule has 1 atom stereocenters. The van der Waals surface area contributed by atoms with Gasteiger partial charge in [-0.3, -0.25) is 9.69 Å². The molecule has 1 aliphatic rings. The third-order valence-electron chi connectivity index (χ3n) is 4.14. The first-order chi connectivity index (χ1) is 9.56. The third kappa shape index (κ3) is 2.88. The van der Waals surface area contributed by atoms with Gasteiger partial charge in [-0.1, -0.05) is 13.8 Å². The standard InChI is InChI=1S/C15H24N4O/c1-3-18(4-2)12-7-8-19(10-12)14-6-5-11(15(17)20)9-13(14)16/h5-6,9,12H,3-4,7-8,10,16H2,1-2H3,(H2,17,20). The van der Waals surface area contributed by atoms with Crippen molar-refractivity contribution in [1.29, 1.82) is 0 Å². The molecule has 2 rings (SSSR count). The van der Waals surface area contributed by atoms with E-state index in [4.69, 9.17) is 11.5 Å². The summed E-state index contributed by atoms with van der Waals surface area (Å²) >= 11 is 0. The van der Waals surface area contributed by atoms with Crippen LogP contribution in [0.2, 0.25) is 0 Å². The highest BCUT2D eigenvalue weighted by molar-refractivity contribution is 5.94. The van der Waals surface area contributed by atoms with Gasteiger partial charge in [0.05, 0.1) is 11.4 Å². The van der Waals surface area contributed by atoms with Crippen molar-refractivity contribution in [3.63, 3.8) is 0 Å². The molecule has 1 aromatic carbocycles. The fourth-order valence-electron chi connectivity index (χ4n) is 2.99. The Morgan fingerprint density at radius 3 is 2.65 bits per heavy atom. The maximum absolute atomic E-state index is 11.2. The van der Waals surface area contributed by atoms with E-state index >= 15 is 0 Å². The monoisotopic (exact) mass is 276 g/mol. The van der Waals surface area contributed by atoms with Crippen molar-refractivity contribution in [1.82, 2.24) is 4.90 Å². The summed E-state index contributed by atoms with van der Waals surface area (Å²) in [5.74, 6) is -0.439. The number of nitrogens with two attached hydrogens (primary N) is 2. The second-order valence-corrected chi connectivity index (χ2v) is 5.25. The molecule has 1 unspecified atom stereocenters. The smallest absolute Gasteiger partial charge is 0.248 e. The fraction of sp³-hybridized carbons (Fsp3) is 0.533. The van der Waals surface area contributed by atoms with E-state index in [-0.39, 0.29) is 0 Å². The highest BCUT2D eigenvalue weighted by Gasteiger charge is 2.27. The summed E-state index contributed by atoms with van der Waals surface area (Å²) in [5.41, 5.74) is 13.4. The molecule has 1 aliphatic heterocycles. The van der Waals surface area contributed by atoms with E-state index in [2.05, 4.69) is 23.6 Å². The minimum Gasteiger partial charge on any atom is -0.397 e. The van der Waals surface area contributed by atoms with Gasteiger partial charge in [0.25, 0.3) is 0 Å². The van der Waals surface area contributed by atoms with Crippen LogP contribution in [0.3, 0.4) is 0 Å². The van der Waals surface area contributed by atoms with Crippen LogP contribution in [-0.4, -0.2) is 43.0 Å². The summed E-state index contributed by atoms with van der Waals surface area (Å²) in [5, 5.41) is 0. The second-order valence-electron chi connectivity index (χ2n) is 5.25. The predicted molar refractivity (Wildman–Crippen MR) is 82.9 cm³/mol. The van der Waals surface area contributed by atoms with Crippen LogP contribution in [-0.2, 0) is 0 Å². The number of carbonyl (C=O) groups excluding carboxylic acids is 1. The van der Waals surface area contributed by atoms with Crippen LogP contribution in [0.1, 0.15) is 30.6 Å². The third-order valence-corrected chi connectivity index (χ3v) is 4.14. The normalized spacial score (nSPS) is 18.8. The number of benzene rings is 1. The summed E-state index contributed by atoms with van der Waals surface area (Å²) in [6.07, 6.45) is 1.15. The van der Waals surface area contributed by atoms with Crippen molar-refractivity contribution in [3.05, 3.63) is 23.8 Å². The number of primary amides is 1. The lowest BCUT2D eigenvalue weighted by Gasteiger charge is -2.27. The number of rotatable bonds is 5. The Hall–Kier alpha value is -1.75. The maximum Gasteiger partial charge on any atom is 0.248 e. The molecular weight excluding hydrogens is 252 g/mol. The van der Waals surface area contributed by atoms with E-state index < -0.39 is 5.91 Å². The Labute approximate surface area is 120 Å². The van der Waals surface area contributed by atoms with Crippen molar-refractivity contribution >= 4 is 17.3 Å². The minimum absolute atomic E-state index is 0.439. The predicted octanol–water partition coefficient (Wildman–Crippen LogP) is 1.29. The van der Waals surface area contributed by atoms with Crippen LogP contribution in [0.5, 0.6) is 0 Å². The van der Waals surface area contributed by atoms with Gasteiger partial charge in [-0.2, -0.15) is 0 Å². The molecule has 5 nitrogen and oxygen atoms in total. The molecule has 1 heterocycles. The Morgan fingerprint density at radius 2 is 2.10 bits per heavy atom. The average molecular weight is 276 g/mol. The van der Waals surface area contributed by atoms with Gasteiger partial charge in [0.15, 0.2) is 0 Å². The van der Waals surface area contributed by atoms with Crippen molar-refractivity contribution in [2.45, 2.75) is 26.3 Å². The van der Waals surface area contributed by atoms with E-state index in [1.54, 1.807) is 12.1 Å². The summed E-state index contributed by atoms with van der Waals surface area (Å²) < 4.78 is 0. The number of hydrogen-bond acceptors (Lipinski definition) is 4. The van der Waals surface area contributed by atoms with Gasteiger partial charge in [0.2, 0.25) is 5.91 Å². The molecule has 1 aromatic rings. The van der Waals surface area contributed by atoms with E-state index in [1.165, 1.54) is 0 Å². The fourth-order valence-corrected chi connectivity index (χ4v) is 2.99. The van der Waals surface area contributed by atoms with Crippen molar-refractivity contribution in [2.24, 2.45) is 5.73 Å². The minimum atomic E-state index is -0.439. The molecule has 0 aliphatic carbocycles. The summed E-state index contributed by atoms with van der Waals surface area (Å²) in [6.45, 7) is 8.53. The van der Waals surface area contributed by atoms with Crippen LogP contribution in [0.25, 0.3) is 0 Å².